The maximum atomic E-state index is 13.8. The van der Waals surface area contributed by atoms with Crippen molar-refractivity contribution in [2.24, 2.45) is 0 Å². The highest BCUT2D eigenvalue weighted by molar-refractivity contribution is 7.92. The third-order valence-corrected chi connectivity index (χ3v) is 9.53. The zero-order valence-electron chi connectivity index (χ0n) is 26.1. The first-order valence-corrected chi connectivity index (χ1v) is 17.3. The van der Waals surface area contributed by atoms with Crippen molar-refractivity contribution in [1.82, 2.24) is 20.9 Å². The molecule has 0 aliphatic heterocycles. The summed E-state index contributed by atoms with van der Waals surface area (Å²) in [7, 11) is -0.762. The van der Waals surface area contributed by atoms with E-state index >= 15 is 0 Å². The monoisotopic (exact) mass is 665 g/mol. The molecule has 0 aliphatic carbocycles. The molecule has 0 radical (unpaired) electrons. The standard InChI is InChI=1S/C33H39N5O6S2/c1-22(33-35-13-14-45-33)36-31(40)25-17-26(19-27(18-25)38(2)46(4,42)43)32(41)37-29(16-23-9-6-5-7-10-23)30(39)21-34-20-24-11-8-12-28(15-24)44-3/h5-15,17-19,22,29-30,34,39H,16,20-21H2,1-4H3,(H,36,40)(H,37,41)/t22-,29+,30-/m1/s1. The molecule has 0 saturated carbocycles. The Balaban J connectivity index is 1.57. The van der Waals surface area contributed by atoms with Gasteiger partial charge in [0.25, 0.3) is 11.8 Å². The van der Waals surface area contributed by atoms with Gasteiger partial charge in [0, 0.05) is 42.8 Å². The number of thiazole rings is 1. The maximum absolute atomic E-state index is 13.8. The van der Waals surface area contributed by atoms with E-state index in [0.29, 0.717) is 18.0 Å². The van der Waals surface area contributed by atoms with Gasteiger partial charge in [0.1, 0.15) is 10.8 Å². The molecule has 0 spiro atoms. The largest absolute Gasteiger partial charge is 0.497 e. The van der Waals surface area contributed by atoms with Crippen LogP contribution in [-0.4, -0.2) is 69.4 Å². The van der Waals surface area contributed by atoms with Crippen molar-refractivity contribution in [1.29, 1.82) is 0 Å². The van der Waals surface area contributed by atoms with Gasteiger partial charge in [-0.1, -0.05) is 42.5 Å². The van der Waals surface area contributed by atoms with Gasteiger partial charge in [-0.3, -0.25) is 13.9 Å². The average molecular weight is 666 g/mol. The lowest BCUT2D eigenvalue weighted by Crippen LogP contribution is -2.48. The van der Waals surface area contributed by atoms with Gasteiger partial charge in [0.15, 0.2) is 0 Å². The predicted octanol–water partition coefficient (Wildman–Crippen LogP) is 3.53. The summed E-state index contributed by atoms with van der Waals surface area (Å²) in [6, 6.07) is 20.1. The second-order valence-electron chi connectivity index (χ2n) is 10.9. The average Bonchev–Trinajstić information content (AvgIpc) is 3.59. The SMILES string of the molecule is COc1cccc(CNC[C@@H](O)[C@H](Cc2ccccc2)NC(=O)c2cc(C(=O)N[C@H](C)c3nccs3)cc(N(C)S(C)(=O)=O)c2)c1. The number of aliphatic hydroxyl groups is 1. The molecule has 1 heterocycles. The number of carbonyl (C=O) groups is 2. The lowest BCUT2D eigenvalue weighted by atomic mass is 10.00. The molecule has 0 aliphatic rings. The number of amides is 2. The fourth-order valence-corrected chi connectivity index (χ4v) is 5.86. The number of hydrogen-bond donors (Lipinski definition) is 4. The van der Waals surface area contributed by atoms with E-state index in [1.165, 1.54) is 36.6 Å². The molecule has 13 heteroatoms. The van der Waals surface area contributed by atoms with Gasteiger partial charge in [-0.25, -0.2) is 13.4 Å². The molecule has 0 bridgehead atoms. The van der Waals surface area contributed by atoms with Crippen LogP contribution in [0.1, 0.15) is 49.8 Å². The second-order valence-corrected chi connectivity index (χ2v) is 13.8. The van der Waals surface area contributed by atoms with Crippen molar-refractivity contribution >= 4 is 38.9 Å². The first-order valence-electron chi connectivity index (χ1n) is 14.6. The van der Waals surface area contributed by atoms with E-state index in [2.05, 4.69) is 20.9 Å². The number of benzene rings is 3. The molecule has 1 aromatic heterocycles. The Kier molecular flexibility index (Phi) is 11.9. The van der Waals surface area contributed by atoms with Crippen LogP contribution >= 0.6 is 11.3 Å². The zero-order valence-corrected chi connectivity index (χ0v) is 27.8. The molecule has 4 N–H and O–H groups in total. The van der Waals surface area contributed by atoms with Gasteiger partial charge in [-0.15, -0.1) is 11.3 Å². The number of aromatic nitrogens is 1. The first-order chi connectivity index (χ1) is 21.9. The van der Waals surface area contributed by atoms with Crippen molar-refractivity contribution < 1.29 is 27.9 Å². The molecule has 0 fully saturated rings. The Morgan fingerprint density at radius 2 is 1.65 bits per heavy atom. The fourth-order valence-electron chi connectivity index (χ4n) is 4.73. The van der Waals surface area contributed by atoms with Crippen LogP contribution in [0.4, 0.5) is 5.69 Å². The minimum absolute atomic E-state index is 0.0645. The molecule has 0 unspecified atom stereocenters. The number of aliphatic hydroxyl groups excluding tert-OH is 1. The highest BCUT2D eigenvalue weighted by atomic mass is 32.2. The topological polar surface area (TPSA) is 150 Å². The highest BCUT2D eigenvalue weighted by Crippen LogP contribution is 2.23. The number of ether oxygens (including phenoxy) is 1. The molecular weight excluding hydrogens is 627 g/mol. The summed E-state index contributed by atoms with van der Waals surface area (Å²) in [6.45, 7) is 2.43. The van der Waals surface area contributed by atoms with Crippen LogP contribution in [0.5, 0.6) is 5.75 Å². The third-order valence-electron chi connectivity index (χ3n) is 7.37. The number of rotatable bonds is 15. The number of anilines is 1. The Morgan fingerprint density at radius 3 is 2.28 bits per heavy atom. The summed E-state index contributed by atoms with van der Waals surface area (Å²) in [4.78, 5) is 31.3. The van der Waals surface area contributed by atoms with Crippen LogP contribution in [0.2, 0.25) is 0 Å². The van der Waals surface area contributed by atoms with Crippen LogP contribution in [-0.2, 0) is 23.0 Å². The smallest absolute Gasteiger partial charge is 0.251 e. The van der Waals surface area contributed by atoms with Gasteiger partial charge < -0.3 is 25.8 Å². The van der Waals surface area contributed by atoms with Gasteiger partial charge in [0.05, 0.1) is 37.2 Å². The highest BCUT2D eigenvalue weighted by Gasteiger charge is 2.25. The van der Waals surface area contributed by atoms with Gasteiger partial charge in [-0.05, 0) is 54.8 Å². The third kappa shape index (κ3) is 9.60. The van der Waals surface area contributed by atoms with E-state index in [1.807, 2.05) is 54.6 Å². The lowest BCUT2D eigenvalue weighted by Gasteiger charge is -2.25. The van der Waals surface area contributed by atoms with Crippen molar-refractivity contribution in [3.8, 4) is 5.75 Å². The molecular formula is C33H39N5O6S2. The molecule has 4 aromatic rings. The molecule has 4 rings (SSSR count). The second kappa shape index (κ2) is 15.8. The number of carbonyl (C=O) groups excluding carboxylic acids is 2. The molecule has 0 saturated heterocycles. The first kappa shape index (κ1) is 34.6. The van der Waals surface area contributed by atoms with E-state index in [-0.39, 0.29) is 23.4 Å². The Labute approximate surface area is 273 Å². The van der Waals surface area contributed by atoms with Crippen LogP contribution in [0.15, 0.2) is 84.4 Å². The zero-order chi connectivity index (χ0) is 33.3. The van der Waals surface area contributed by atoms with Gasteiger partial charge in [-0.2, -0.15) is 0 Å². The summed E-state index contributed by atoms with van der Waals surface area (Å²) in [5.74, 6) is -0.342. The van der Waals surface area contributed by atoms with Crippen molar-refractivity contribution in [2.75, 3.05) is 31.3 Å². The number of sulfonamides is 1. The van der Waals surface area contributed by atoms with E-state index in [9.17, 15) is 23.1 Å². The van der Waals surface area contributed by atoms with Crippen LogP contribution < -0.4 is 25.0 Å². The molecule has 46 heavy (non-hydrogen) atoms. The van der Waals surface area contributed by atoms with Crippen molar-refractivity contribution in [2.45, 2.75) is 38.1 Å². The van der Waals surface area contributed by atoms with Gasteiger partial charge >= 0.3 is 0 Å². The van der Waals surface area contributed by atoms with Crippen molar-refractivity contribution in [3.63, 3.8) is 0 Å². The van der Waals surface area contributed by atoms with E-state index in [0.717, 1.165) is 27.4 Å². The van der Waals surface area contributed by atoms with Crippen LogP contribution in [0.25, 0.3) is 0 Å². The summed E-state index contributed by atoms with van der Waals surface area (Å²) >= 11 is 1.39. The molecule has 2 amide bonds. The summed E-state index contributed by atoms with van der Waals surface area (Å²) < 4.78 is 31.1. The molecule has 244 valence electrons. The summed E-state index contributed by atoms with van der Waals surface area (Å²) in [5.41, 5.74) is 2.18. The number of methoxy groups -OCH3 is 1. The van der Waals surface area contributed by atoms with E-state index in [1.54, 1.807) is 25.6 Å². The van der Waals surface area contributed by atoms with Crippen LogP contribution in [0, 0.1) is 0 Å². The summed E-state index contributed by atoms with van der Waals surface area (Å²) in [6.07, 6.45) is 2.02. The molecule has 11 nitrogen and oxygen atoms in total. The van der Waals surface area contributed by atoms with E-state index < -0.39 is 40.0 Å². The fraction of sp³-hybridized carbons (Fsp3) is 0.303. The minimum atomic E-state index is -3.71. The number of nitrogens with one attached hydrogen (secondary N) is 3. The summed E-state index contributed by atoms with van der Waals surface area (Å²) in [5, 5.41) is 22.8. The lowest BCUT2D eigenvalue weighted by molar-refractivity contribution is 0.0830. The normalized spacial score (nSPS) is 13.3. The maximum Gasteiger partial charge on any atom is 0.251 e. The minimum Gasteiger partial charge on any atom is -0.497 e. The molecule has 3 aromatic carbocycles. The Hall–Kier alpha value is -4.30. The molecule has 3 atom stereocenters. The number of hydrogen-bond acceptors (Lipinski definition) is 9. The quantitative estimate of drug-likeness (QED) is 0.151. The predicted molar refractivity (Wildman–Crippen MR) is 180 cm³/mol. The van der Waals surface area contributed by atoms with Crippen LogP contribution in [0.3, 0.4) is 0 Å². The van der Waals surface area contributed by atoms with Gasteiger partial charge in [0.2, 0.25) is 10.0 Å². The number of nitrogens with zero attached hydrogens (tertiary/aromatic N) is 2. The van der Waals surface area contributed by atoms with E-state index in [4.69, 9.17) is 4.74 Å². The Morgan fingerprint density at radius 1 is 0.978 bits per heavy atom. The van der Waals surface area contributed by atoms with Crippen molar-refractivity contribution in [3.05, 3.63) is 112 Å². The Bertz CT molecular complexity index is 1720.